The van der Waals surface area contributed by atoms with E-state index in [-0.39, 0.29) is 11.9 Å². The first-order valence-electron chi connectivity index (χ1n) is 7.58. The van der Waals surface area contributed by atoms with Crippen molar-refractivity contribution in [1.29, 1.82) is 0 Å². The number of carbonyl (C=O) groups excluding carboxylic acids is 2. The molecular formula is C14H25N3O2. The smallest absolute Gasteiger partial charge is 0.317 e. The van der Waals surface area contributed by atoms with E-state index < -0.39 is 0 Å². The fraction of sp³-hybridized carbons (Fsp3) is 0.857. The Morgan fingerprint density at radius 3 is 2.58 bits per heavy atom. The summed E-state index contributed by atoms with van der Waals surface area (Å²) < 4.78 is 0. The third kappa shape index (κ3) is 4.40. The summed E-state index contributed by atoms with van der Waals surface area (Å²) in [6, 6.07) is 0.0553. The zero-order valence-corrected chi connectivity index (χ0v) is 11.7. The maximum atomic E-state index is 11.8. The lowest BCUT2D eigenvalue weighted by Gasteiger charge is -2.21. The van der Waals surface area contributed by atoms with E-state index in [0.717, 1.165) is 64.7 Å². The molecule has 0 aromatic carbocycles. The normalized spacial score (nSPS) is 20.5. The molecule has 1 N–H and O–H groups in total. The predicted octanol–water partition coefficient (Wildman–Crippen LogP) is 1.58. The van der Waals surface area contributed by atoms with E-state index in [9.17, 15) is 9.59 Å². The molecule has 0 aromatic heterocycles. The van der Waals surface area contributed by atoms with Gasteiger partial charge >= 0.3 is 6.03 Å². The van der Waals surface area contributed by atoms with Gasteiger partial charge in [0.2, 0.25) is 5.91 Å². The number of urea groups is 1. The maximum Gasteiger partial charge on any atom is 0.317 e. The number of carbonyl (C=O) groups is 2. The molecule has 0 aromatic rings. The topological polar surface area (TPSA) is 52.7 Å². The molecule has 0 bridgehead atoms. The van der Waals surface area contributed by atoms with Crippen molar-refractivity contribution in [3.8, 4) is 0 Å². The lowest BCUT2D eigenvalue weighted by Crippen LogP contribution is -2.39. The van der Waals surface area contributed by atoms with Crippen molar-refractivity contribution in [2.45, 2.75) is 44.9 Å². The zero-order valence-electron chi connectivity index (χ0n) is 11.7. The van der Waals surface area contributed by atoms with Crippen LogP contribution in [-0.2, 0) is 4.79 Å². The summed E-state index contributed by atoms with van der Waals surface area (Å²) in [7, 11) is 0. The monoisotopic (exact) mass is 267 g/mol. The van der Waals surface area contributed by atoms with Crippen LogP contribution < -0.4 is 5.32 Å². The molecule has 0 spiro atoms. The molecule has 5 nitrogen and oxygen atoms in total. The predicted molar refractivity (Wildman–Crippen MR) is 73.9 cm³/mol. The van der Waals surface area contributed by atoms with Gasteiger partial charge < -0.3 is 15.1 Å². The van der Waals surface area contributed by atoms with Crippen LogP contribution >= 0.6 is 0 Å². The largest absolute Gasteiger partial charge is 0.343 e. The quantitative estimate of drug-likeness (QED) is 0.786. The fourth-order valence-corrected chi connectivity index (χ4v) is 2.77. The van der Waals surface area contributed by atoms with Gasteiger partial charge in [0.1, 0.15) is 0 Å². The van der Waals surface area contributed by atoms with E-state index in [1.807, 2.05) is 9.80 Å². The summed E-state index contributed by atoms with van der Waals surface area (Å²) in [5.41, 5.74) is 0. The highest BCUT2D eigenvalue weighted by atomic mass is 16.2. The number of rotatable bonds is 4. The molecule has 108 valence electrons. The molecule has 2 aliphatic rings. The molecule has 0 radical (unpaired) electrons. The molecule has 3 amide bonds. The molecule has 2 saturated heterocycles. The van der Waals surface area contributed by atoms with E-state index in [1.54, 1.807) is 0 Å². The van der Waals surface area contributed by atoms with Crippen molar-refractivity contribution < 1.29 is 9.59 Å². The molecule has 2 heterocycles. The minimum Gasteiger partial charge on any atom is -0.343 e. The van der Waals surface area contributed by atoms with Crippen molar-refractivity contribution in [3.63, 3.8) is 0 Å². The van der Waals surface area contributed by atoms with Crippen LogP contribution in [0.15, 0.2) is 0 Å². The van der Waals surface area contributed by atoms with Gasteiger partial charge in [-0.05, 0) is 32.1 Å². The van der Waals surface area contributed by atoms with E-state index in [4.69, 9.17) is 0 Å². The van der Waals surface area contributed by atoms with Gasteiger partial charge in [0.05, 0.1) is 0 Å². The Kier molecular flexibility index (Phi) is 5.48. The lowest BCUT2D eigenvalue weighted by molar-refractivity contribution is -0.130. The van der Waals surface area contributed by atoms with Gasteiger partial charge in [-0.1, -0.05) is 6.42 Å². The molecule has 0 unspecified atom stereocenters. The summed E-state index contributed by atoms with van der Waals surface area (Å²) in [5.74, 6) is 0.281. The molecule has 2 aliphatic heterocycles. The first kappa shape index (κ1) is 14.2. The van der Waals surface area contributed by atoms with Crippen LogP contribution in [0.25, 0.3) is 0 Å². The van der Waals surface area contributed by atoms with Gasteiger partial charge in [-0.25, -0.2) is 4.79 Å². The Labute approximate surface area is 115 Å². The van der Waals surface area contributed by atoms with Crippen molar-refractivity contribution >= 4 is 11.9 Å². The number of amides is 3. The fourth-order valence-electron chi connectivity index (χ4n) is 2.77. The Balaban J connectivity index is 1.60. The molecule has 2 rings (SSSR count). The molecule has 5 heteroatoms. The van der Waals surface area contributed by atoms with Crippen molar-refractivity contribution in [2.75, 3.05) is 32.7 Å². The first-order chi connectivity index (χ1) is 9.27. The molecule has 2 fully saturated rings. The Morgan fingerprint density at radius 2 is 1.79 bits per heavy atom. The van der Waals surface area contributed by atoms with Gasteiger partial charge in [-0.2, -0.15) is 0 Å². The molecule has 19 heavy (non-hydrogen) atoms. The second-order valence-electron chi connectivity index (χ2n) is 5.47. The molecule has 0 atom stereocenters. The minimum atomic E-state index is 0.0553. The average Bonchev–Trinajstić information content (AvgIpc) is 2.87. The third-order valence-corrected chi connectivity index (χ3v) is 3.95. The van der Waals surface area contributed by atoms with Crippen molar-refractivity contribution in [2.24, 2.45) is 0 Å². The summed E-state index contributed by atoms with van der Waals surface area (Å²) in [4.78, 5) is 27.4. The Hall–Kier alpha value is -1.26. The second-order valence-corrected chi connectivity index (χ2v) is 5.47. The van der Waals surface area contributed by atoms with Gasteiger partial charge in [-0.15, -0.1) is 0 Å². The van der Waals surface area contributed by atoms with Gasteiger partial charge in [0.25, 0.3) is 0 Å². The van der Waals surface area contributed by atoms with Crippen LogP contribution in [0.4, 0.5) is 4.79 Å². The SMILES string of the molecule is O=C1CCCCCN1CCCNC(=O)N1CCCC1. The zero-order chi connectivity index (χ0) is 13.5. The highest BCUT2D eigenvalue weighted by Crippen LogP contribution is 2.11. The van der Waals surface area contributed by atoms with Crippen LogP contribution in [0.2, 0.25) is 0 Å². The minimum absolute atomic E-state index is 0.0553. The highest BCUT2D eigenvalue weighted by Gasteiger charge is 2.18. The summed E-state index contributed by atoms with van der Waals surface area (Å²) in [6.45, 7) is 4.10. The number of nitrogens with one attached hydrogen (secondary N) is 1. The standard InChI is InChI=1S/C14H25N3O2/c18-13-7-2-1-3-9-16(13)12-6-8-15-14(19)17-10-4-5-11-17/h1-12H2,(H,15,19). The number of hydrogen-bond acceptors (Lipinski definition) is 2. The molecule has 0 saturated carbocycles. The number of nitrogens with zero attached hydrogens (tertiary/aromatic N) is 2. The van der Waals surface area contributed by atoms with E-state index in [0.29, 0.717) is 13.0 Å². The number of likely N-dealkylation sites (tertiary alicyclic amines) is 2. The average molecular weight is 267 g/mol. The van der Waals surface area contributed by atoms with Crippen LogP contribution in [0.3, 0.4) is 0 Å². The van der Waals surface area contributed by atoms with E-state index >= 15 is 0 Å². The first-order valence-corrected chi connectivity index (χ1v) is 7.58. The van der Waals surface area contributed by atoms with Gasteiger partial charge in [0.15, 0.2) is 0 Å². The summed E-state index contributed by atoms with van der Waals surface area (Å²) >= 11 is 0. The Morgan fingerprint density at radius 1 is 1.05 bits per heavy atom. The lowest BCUT2D eigenvalue weighted by atomic mass is 10.2. The molecular weight excluding hydrogens is 242 g/mol. The van der Waals surface area contributed by atoms with E-state index in [2.05, 4.69) is 5.32 Å². The second kappa shape index (κ2) is 7.36. The van der Waals surface area contributed by atoms with Crippen LogP contribution in [0.1, 0.15) is 44.9 Å². The van der Waals surface area contributed by atoms with Gasteiger partial charge in [-0.3, -0.25) is 4.79 Å². The van der Waals surface area contributed by atoms with Crippen molar-refractivity contribution in [3.05, 3.63) is 0 Å². The van der Waals surface area contributed by atoms with Crippen LogP contribution in [0, 0.1) is 0 Å². The van der Waals surface area contributed by atoms with Crippen molar-refractivity contribution in [1.82, 2.24) is 15.1 Å². The highest BCUT2D eigenvalue weighted by molar-refractivity contribution is 5.76. The maximum absolute atomic E-state index is 11.8. The Bertz CT molecular complexity index is 314. The molecule has 0 aliphatic carbocycles. The number of hydrogen-bond donors (Lipinski definition) is 1. The summed E-state index contributed by atoms with van der Waals surface area (Å²) in [6.07, 6.45) is 7.09. The van der Waals surface area contributed by atoms with E-state index in [1.165, 1.54) is 0 Å². The third-order valence-electron chi connectivity index (χ3n) is 3.95. The van der Waals surface area contributed by atoms with Crippen LogP contribution in [-0.4, -0.2) is 54.5 Å². The van der Waals surface area contributed by atoms with Crippen LogP contribution in [0.5, 0.6) is 0 Å². The van der Waals surface area contributed by atoms with Gasteiger partial charge in [0, 0.05) is 39.1 Å². The summed E-state index contributed by atoms with van der Waals surface area (Å²) in [5, 5.41) is 2.94.